The van der Waals surface area contributed by atoms with Gasteiger partial charge in [0, 0.05) is 18.3 Å². The number of carbonyl (C=O) groups excluding carboxylic acids is 1. The van der Waals surface area contributed by atoms with E-state index in [1.807, 2.05) is 0 Å². The first-order valence-corrected chi connectivity index (χ1v) is 7.67. The van der Waals surface area contributed by atoms with E-state index in [2.05, 4.69) is 42.8 Å². The summed E-state index contributed by atoms with van der Waals surface area (Å²) in [5.74, 6) is 0.169. The number of aromatic amines is 1. The molecule has 1 amide bonds. The average molecular weight is 275 g/mol. The monoisotopic (exact) mass is 275 g/mol. The minimum absolute atomic E-state index is 0.169. The number of aromatic nitrogens is 2. The molecule has 20 heavy (non-hydrogen) atoms. The number of likely N-dealkylation sites (tertiary alicyclic amines) is 1. The lowest BCUT2D eigenvalue weighted by molar-refractivity contribution is 0.0707. The largest absolute Gasteiger partial charge is 0.335 e. The van der Waals surface area contributed by atoms with Crippen LogP contribution in [0.25, 0.3) is 0 Å². The quantitative estimate of drug-likeness (QED) is 0.902. The Balaban J connectivity index is 1.87. The van der Waals surface area contributed by atoms with Crippen molar-refractivity contribution in [1.82, 2.24) is 15.1 Å². The molecule has 4 heteroatoms. The Morgan fingerprint density at radius 3 is 2.90 bits per heavy atom. The van der Waals surface area contributed by atoms with Crippen molar-refractivity contribution in [3.05, 3.63) is 17.5 Å². The Morgan fingerprint density at radius 2 is 2.20 bits per heavy atom. The molecule has 0 aromatic carbocycles. The Morgan fingerprint density at radius 1 is 1.45 bits per heavy atom. The Kier molecular flexibility index (Phi) is 2.96. The van der Waals surface area contributed by atoms with Gasteiger partial charge in [-0.1, -0.05) is 27.7 Å². The van der Waals surface area contributed by atoms with E-state index in [9.17, 15) is 4.79 Å². The van der Waals surface area contributed by atoms with Gasteiger partial charge in [-0.3, -0.25) is 9.89 Å². The molecule has 1 saturated heterocycles. The minimum Gasteiger partial charge on any atom is -0.335 e. The molecule has 0 radical (unpaired) electrons. The third-order valence-electron chi connectivity index (χ3n) is 4.98. The topological polar surface area (TPSA) is 49.0 Å². The van der Waals surface area contributed by atoms with Gasteiger partial charge >= 0.3 is 0 Å². The summed E-state index contributed by atoms with van der Waals surface area (Å²) >= 11 is 0. The maximum absolute atomic E-state index is 12.8. The normalized spacial score (nSPS) is 31.6. The van der Waals surface area contributed by atoms with Crippen LogP contribution in [-0.4, -0.2) is 33.6 Å². The molecular weight excluding hydrogens is 250 g/mol. The lowest BCUT2D eigenvalue weighted by atomic mass is 9.65. The number of H-pyrrole nitrogens is 1. The maximum Gasteiger partial charge on any atom is 0.257 e. The van der Waals surface area contributed by atoms with Crippen molar-refractivity contribution in [2.24, 2.45) is 10.8 Å². The molecule has 3 rings (SSSR count). The van der Waals surface area contributed by atoms with Crippen LogP contribution in [0.15, 0.2) is 6.20 Å². The van der Waals surface area contributed by atoms with Gasteiger partial charge in [-0.25, -0.2) is 0 Å². The molecule has 0 unspecified atom stereocenters. The van der Waals surface area contributed by atoms with Crippen molar-refractivity contribution in [3.8, 4) is 0 Å². The molecule has 2 atom stereocenters. The number of aryl methyl sites for hydroxylation is 1. The lowest BCUT2D eigenvalue weighted by Gasteiger charge is -2.39. The van der Waals surface area contributed by atoms with E-state index in [1.54, 1.807) is 6.20 Å². The second-order valence-electron chi connectivity index (χ2n) is 7.76. The first kappa shape index (κ1) is 13.7. The number of amides is 1. The summed E-state index contributed by atoms with van der Waals surface area (Å²) in [4.78, 5) is 15.0. The average Bonchev–Trinajstić information content (AvgIpc) is 2.89. The van der Waals surface area contributed by atoms with E-state index in [-0.39, 0.29) is 11.3 Å². The fourth-order valence-corrected chi connectivity index (χ4v) is 4.62. The summed E-state index contributed by atoms with van der Waals surface area (Å²) in [6.45, 7) is 9.96. The SMILES string of the molecule is CCc1[nH]ncc1C(=O)N1C[C@]2(C)C[C@H]1CC(C)(C)C2. The van der Waals surface area contributed by atoms with E-state index in [0.717, 1.165) is 37.1 Å². The summed E-state index contributed by atoms with van der Waals surface area (Å²) in [6, 6.07) is 0.399. The van der Waals surface area contributed by atoms with E-state index in [4.69, 9.17) is 0 Å². The van der Waals surface area contributed by atoms with E-state index >= 15 is 0 Å². The summed E-state index contributed by atoms with van der Waals surface area (Å²) in [5, 5.41) is 6.99. The zero-order valence-corrected chi connectivity index (χ0v) is 13.0. The first-order valence-electron chi connectivity index (χ1n) is 7.67. The fourth-order valence-electron chi connectivity index (χ4n) is 4.62. The fraction of sp³-hybridized carbons (Fsp3) is 0.750. The molecule has 1 N–H and O–H groups in total. The van der Waals surface area contributed by atoms with Gasteiger partial charge in [-0.15, -0.1) is 0 Å². The van der Waals surface area contributed by atoms with Gasteiger partial charge in [0.15, 0.2) is 0 Å². The van der Waals surface area contributed by atoms with Crippen LogP contribution < -0.4 is 0 Å². The molecule has 2 fully saturated rings. The number of nitrogens with one attached hydrogen (secondary N) is 1. The summed E-state index contributed by atoms with van der Waals surface area (Å²) in [6.07, 6.45) is 6.00. The number of rotatable bonds is 2. The third-order valence-corrected chi connectivity index (χ3v) is 4.98. The van der Waals surface area contributed by atoms with Gasteiger partial charge in [0.1, 0.15) is 0 Å². The molecule has 1 saturated carbocycles. The standard InChI is InChI=1S/C16H25N3O/c1-5-13-12(8-17-18-13)14(20)19-10-16(4)7-11(19)6-15(2,3)9-16/h8,11H,5-7,9-10H2,1-4H3,(H,17,18)/t11-,16-/m1/s1. The number of carbonyl (C=O) groups is 1. The van der Waals surface area contributed by atoms with E-state index in [1.165, 1.54) is 6.42 Å². The predicted octanol–water partition coefficient (Wildman–Crippen LogP) is 3.01. The molecule has 1 aromatic rings. The molecule has 110 valence electrons. The molecule has 2 heterocycles. The smallest absolute Gasteiger partial charge is 0.257 e. The lowest BCUT2D eigenvalue weighted by Crippen LogP contribution is -2.37. The molecule has 1 aliphatic heterocycles. The van der Waals surface area contributed by atoms with Gasteiger partial charge in [0.25, 0.3) is 5.91 Å². The Hall–Kier alpha value is -1.32. The van der Waals surface area contributed by atoms with Crippen LogP contribution in [-0.2, 0) is 6.42 Å². The van der Waals surface area contributed by atoms with Crippen LogP contribution in [0.3, 0.4) is 0 Å². The molecule has 1 aromatic heterocycles. The van der Waals surface area contributed by atoms with Gasteiger partial charge in [-0.2, -0.15) is 5.10 Å². The zero-order chi connectivity index (χ0) is 14.5. The van der Waals surface area contributed by atoms with Gasteiger partial charge in [0.2, 0.25) is 0 Å². The van der Waals surface area contributed by atoms with Crippen molar-refractivity contribution in [3.63, 3.8) is 0 Å². The Bertz CT molecular complexity index is 534. The van der Waals surface area contributed by atoms with Crippen molar-refractivity contribution in [2.45, 2.75) is 59.4 Å². The van der Waals surface area contributed by atoms with Crippen molar-refractivity contribution >= 4 is 5.91 Å². The number of fused-ring (bicyclic) bond motifs is 2. The second-order valence-corrected chi connectivity index (χ2v) is 7.76. The first-order chi connectivity index (χ1) is 9.34. The van der Waals surface area contributed by atoms with Gasteiger partial charge in [-0.05, 0) is 36.5 Å². The molecule has 1 aliphatic carbocycles. The van der Waals surface area contributed by atoms with Crippen LogP contribution in [0, 0.1) is 10.8 Å². The molecule has 4 nitrogen and oxygen atoms in total. The minimum atomic E-state index is 0.169. The van der Waals surface area contributed by atoms with Crippen LogP contribution in [0.5, 0.6) is 0 Å². The van der Waals surface area contributed by atoms with Gasteiger partial charge in [0.05, 0.1) is 11.8 Å². The summed E-state index contributed by atoms with van der Waals surface area (Å²) < 4.78 is 0. The molecule has 2 bridgehead atoms. The predicted molar refractivity (Wildman–Crippen MR) is 78.5 cm³/mol. The number of nitrogens with zero attached hydrogens (tertiary/aromatic N) is 2. The van der Waals surface area contributed by atoms with E-state index in [0.29, 0.717) is 11.5 Å². The highest BCUT2D eigenvalue weighted by atomic mass is 16.2. The van der Waals surface area contributed by atoms with Gasteiger partial charge < -0.3 is 4.90 Å². The third kappa shape index (κ3) is 2.15. The van der Waals surface area contributed by atoms with Crippen LogP contribution >= 0.6 is 0 Å². The highest BCUT2D eigenvalue weighted by Crippen LogP contribution is 2.52. The summed E-state index contributed by atoms with van der Waals surface area (Å²) in [5.41, 5.74) is 2.36. The van der Waals surface area contributed by atoms with Crippen LogP contribution in [0.4, 0.5) is 0 Å². The number of hydrogen-bond acceptors (Lipinski definition) is 2. The highest BCUT2D eigenvalue weighted by molar-refractivity contribution is 5.95. The Labute approximate surface area is 120 Å². The molecular formula is C16H25N3O. The van der Waals surface area contributed by atoms with E-state index < -0.39 is 0 Å². The van der Waals surface area contributed by atoms with Crippen LogP contribution in [0.1, 0.15) is 63.0 Å². The van der Waals surface area contributed by atoms with Crippen LogP contribution in [0.2, 0.25) is 0 Å². The highest BCUT2D eigenvalue weighted by Gasteiger charge is 2.51. The molecule has 2 aliphatic rings. The van der Waals surface area contributed by atoms with Crippen molar-refractivity contribution < 1.29 is 4.79 Å². The van der Waals surface area contributed by atoms with Crippen molar-refractivity contribution in [2.75, 3.05) is 6.54 Å². The maximum atomic E-state index is 12.8. The molecule has 0 spiro atoms. The summed E-state index contributed by atoms with van der Waals surface area (Å²) in [7, 11) is 0. The van der Waals surface area contributed by atoms with Crippen molar-refractivity contribution in [1.29, 1.82) is 0 Å². The zero-order valence-electron chi connectivity index (χ0n) is 13.0. The number of hydrogen-bond donors (Lipinski definition) is 1. The second kappa shape index (κ2) is 4.34.